The van der Waals surface area contributed by atoms with E-state index in [1.165, 1.54) is 0 Å². The molecule has 15 heavy (non-hydrogen) atoms. The van der Waals surface area contributed by atoms with Gasteiger partial charge in [0, 0.05) is 5.56 Å². The van der Waals surface area contributed by atoms with Crippen molar-refractivity contribution < 1.29 is 14.2 Å². The molecule has 1 saturated heterocycles. The number of methoxy groups -OCH3 is 1. The highest BCUT2D eigenvalue weighted by atomic mass is 16.7. The van der Waals surface area contributed by atoms with Gasteiger partial charge in [0.05, 0.1) is 26.9 Å². The van der Waals surface area contributed by atoms with Gasteiger partial charge in [0.25, 0.3) is 0 Å². The van der Waals surface area contributed by atoms with E-state index in [1.807, 2.05) is 24.3 Å². The minimum absolute atomic E-state index is 0.306. The Morgan fingerprint density at radius 1 is 1.40 bits per heavy atom. The van der Waals surface area contributed by atoms with Crippen molar-refractivity contribution in [2.24, 2.45) is 5.73 Å². The van der Waals surface area contributed by atoms with Gasteiger partial charge >= 0.3 is 0 Å². The van der Waals surface area contributed by atoms with Crippen molar-refractivity contribution >= 4 is 0 Å². The second kappa shape index (κ2) is 4.18. The standard InChI is InChI=1S/C11H15NO3/c1-13-10-4-2-3-9(7-10)11(8-12)14-5-6-15-11/h2-4,7H,5-6,8,12H2,1H3. The summed E-state index contributed by atoms with van der Waals surface area (Å²) in [6, 6.07) is 7.60. The zero-order chi connectivity index (χ0) is 10.7. The molecular weight excluding hydrogens is 194 g/mol. The van der Waals surface area contributed by atoms with Gasteiger partial charge in [-0.3, -0.25) is 0 Å². The molecule has 1 aliphatic heterocycles. The lowest BCUT2D eigenvalue weighted by Gasteiger charge is -2.26. The Balaban J connectivity index is 2.33. The SMILES string of the molecule is COc1cccc(C2(CN)OCCO2)c1. The largest absolute Gasteiger partial charge is 0.497 e. The Morgan fingerprint density at radius 2 is 2.13 bits per heavy atom. The van der Waals surface area contributed by atoms with Gasteiger partial charge in [0.15, 0.2) is 0 Å². The molecule has 2 rings (SSSR count). The minimum Gasteiger partial charge on any atom is -0.497 e. The first-order valence-corrected chi connectivity index (χ1v) is 4.93. The zero-order valence-corrected chi connectivity index (χ0v) is 8.73. The van der Waals surface area contributed by atoms with E-state index in [2.05, 4.69) is 0 Å². The average Bonchev–Trinajstić information content (AvgIpc) is 2.79. The molecule has 0 unspecified atom stereocenters. The van der Waals surface area contributed by atoms with E-state index in [0.29, 0.717) is 19.8 Å². The lowest BCUT2D eigenvalue weighted by Crippen LogP contribution is -2.36. The molecule has 0 radical (unpaired) electrons. The molecule has 0 amide bonds. The summed E-state index contributed by atoms with van der Waals surface area (Å²) in [5.41, 5.74) is 6.61. The summed E-state index contributed by atoms with van der Waals surface area (Å²) in [5, 5.41) is 0. The predicted octanol–water partition coefficient (Wildman–Crippen LogP) is 0.853. The van der Waals surface area contributed by atoms with Crippen molar-refractivity contribution in [3.8, 4) is 5.75 Å². The maximum absolute atomic E-state index is 5.70. The van der Waals surface area contributed by atoms with Crippen molar-refractivity contribution in [1.29, 1.82) is 0 Å². The molecule has 0 atom stereocenters. The molecule has 1 aromatic rings. The predicted molar refractivity (Wildman–Crippen MR) is 55.6 cm³/mol. The Labute approximate surface area is 88.9 Å². The molecule has 0 spiro atoms. The minimum atomic E-state index is -0.783. The summed E-state index contributed by atoms with van der Waals surface area (Å²) in [7, 11) is 1.63. The van der Waals surface area contributed by atoms with Crippen LogP contribution in [0.15, 0.2) is 24.3 Å². The van der Waals surface area contributed by atoms with Gasteiger partial charge in [0.1, 0.15) is 5.75 Å². The summed E-state index contributed by atoms with van der Waals surface area (Å²) in [4.78, 5) is 0. The molecule has 82 valence electrons. The summed E-state index contributed by atoms with van der Waals surface area (Å²) in [6.45, 7) is 1.46. The first kappa shape index (κ1) is 10.4. The molecule has 4 heteroatoms. The topological polar surface area (TPSA) is 53.7 Å². The summed E-state index contributed by atoms with van der Waals surface area (Å²) in [5.74, 6) is -0.00595. The number of rotatable bonds is 3. The number of benzene rings is 1. The van der Waals surface area contributed by atoms with Crippen molar-refractivity contribution in [1.82, 2.24) is 0 Å². The fourth-order valence-electron chi connectivity index (χ4n) is 1.72. The maximum atomic E-state index is 5.70. The fraction of sp³-hybridized carbons (Fsp3) is 0.455. The molecule has 1 fully saturated rings. The molecule has 1 heterocycles. The van der Waals surface area contributed by atoms with Crippen LogP contribution in [0.3, 0.4) is 0 Å². The Hall–Kier alpha value is -1.10. The molecule has 0 saturated carbocycles. The van der Waals surface area contributed by atoms with Crippen LogP contribution in [0.25, 0.3) is 0 Å². The van der Waals surface area contributed by atoms with Crippen molar-refractivity contribution in [2.75, 3.05) is 26.9 Å². The molecule has 4 nitrogen and oxygen atoms in total. The maximum Gasteiger partial charge on any atom is 0.207 e. The van der Waals surface area contributed by atoms with Crippen LogP contribution in [0.4, 0.5) is 0 Å². The smallest absolute Gasteiger partial charge is 0.207 e. The van der Waals surface area contributed by atoms with E-state index in [1.54, 1.807) is 7.11 Å². The number of hydrogen-bond acceptors (Lipinski definition) is 4. The van der Waals surface area contributed by atoms with Crippen molar-refractivity contribution in [3.63, 3.8) is 0 Å². The number of nitrogens with two attached hydrogens (primary N) is 1. The Bertz CT molecular complexity index is 334. The van der Waals surface area contributed by atoms with E-state index < -0.39 is 5.79 Å². The highest BCUT2D eigenvalue weighted by Gasteiger charge is 2.37. The molecular formula is C11H15NO3. The molecule has 0 aromatic heterocycles. The molecule has 0 aliphatic carbocycles. The van der Waals surface area contributed by atoms with Crippen LogP contribution in [0.2, 0.25) is 0 Å². The molecule has 0 bridgehead atoms. The third-order valence-electron chi connectivity index (χ3n) is 2.53. The first-order valence-electron chi connectivity index (χ1n) is 4.93. The van der Waals surface area contributed by atoms with E-state index in [4.69, 9.17) is 19.9 Å². The summed E-state index contributed by atoms with van der Waals surface area (Å²) in [6.07, 6.45) is 0. The lowest BCUT2D eigenvalue weighted by atomic mass is 10.1. The van der Waals surface area contributed by atoms with Crippen LogP contribution in [-0.2, 0) is 15.3 Å². The van der Waals surface area contributed by atoms with Crippen molar-refractivity contribution in [3.05, 3.63) is 29.8 Å². The zero-order valence-electron chi connectivity index (χ0n) is 8.73. The van der Waals surface area contributed by atoms with Gasteiger partial charge in [-0.15, -0.1) is 0 Å². The van der Waals surface area contributed by atoms with E-state index >= 15 is 0 Å². The Kier molecular flexibility index (Phi) is 2.90. The second-order valence-electron chi connectivity index (χ2n) is 3.39. The third kappa shape index (κ3) is 1.84. The molecule has 1 aliphatic rings. The highest BCUT2D eigenvalue weighted by molar-refractivity contribution is 5.31. The second-order valence-corrected chi connectivity index (χ2v) is 3.39. The van der Waals surface area contributed by atoms with Gasteiger partial charge in [-0.05, 0) is 12.1 Å². The van der Waals surface area contributed by atoms with Crippen LogP contribution in [-0.4, -0.2) is 26.9 Å². The van der Waals surface area contributed by atoms with Gasteiger partial charge < -0.3 is 19.9 Å². The van der Waals surface area contributed by atoms with Crippen LogP contribution >= 0.6 is 0 Å². The average molecular weight is 209 g/mol. The van der Waals surface area contributed by atoms with E-state index in [-0.39, 0.29) is 0 Å². The summed E-state index contributed by atoms with van der Waals surface area (Å²) < 4.78 is 16.3. The van der Waals surface area contributed by atoms with Crippen LogP contribution in [0, 0.1) is 0 Å². The quantitative estimate of drug-likeness (QED) is 0.802. The monoisotopic (exact) mass is 209 g/mol. The lowest BCUT2D eigenvalue weighted by molar-refractivity contribution is -0.157. The van der Waals surface area contributed by atoms with Gasteiger partial charge in [-0.25, -0.2) is 0 Å². The third-order valence-corrected chi connectivity index (χ3v) is 2.53. The van der Waals surface area contributed by atoms with Crippen LogP contribution in [0.5, 0.6) is 5.75 Å². The summed E-state index contributed by atoms with van der Waals surface area (Å²) >= 11 is 0. The van der Waals surface area contributed by atoms with Crippen molar-refractivity contribution in [2.45, 2.75) is 5.79 Å². The van der Waals surface area contributed by atoms with Gasteiger partial charge in [-0.2, -0.15) is 0 Å². The number of hydrogen-bond donors (Lipinski definition) is 1. The normalized spacial score (nSPS) is 19.1. The first-order chi connectivity index (χ1) is 7.30. The van der Waals surface area contributed by atoms with E-state index in [0.717, 1.165) is 11.3 Å². The van der Waals surface area contributed by atoms with Gasteiger partial charge in [0.2, 0.25) is 5.79 Å². The molecule has 1 aromatic carbocycles. The number of ether oxygens (including phenoxy) is 3. The van der Waals surface area contributed by atoms with E-state index in [9.17, 15) is 0 Å². The molecule has 2 N–H and O–H groups in total. The van der Waals surface area contributed by atoms with Crippen LogP contribution < -0.4 is 10.5 Å². The Morgan fingerprint density at radius 3 is 2.73 bits per heavy atom. The fourth-order valence-corrected chi connectivity index (χ4v) is 1.72. The van der Waals surface area contributed by atoms with Crippen LogP contribution in [0.1, 0.15) is 5.56 Å². The van der Waals surface area contributed by atoms with Gasteiger partial charge in [-0.1, -0.05) is 12.1 Å². The highest BCUT2D eigenvalue weighted by Crippen LogP contribution is 2.32.